The molecule has 8 atom stereocenters. The first-order chi connectivity index (χ1) is 15.7. The molecule has 0 aromatic carbocycles. The first kappa shape index (κ1) is 23.7. The van der Waals surface area contributed by atoms with Crippen molar-refractivity contribution in [3.63, 3.8) is 0 Å². The Bertz CT molecular complexity index is 751. The highest BCUT2D eigenvalue weighted by atomic mass is 16.6. The molecule has 0 aromatic rings. The number of unbranched alkanes of at least 4 members (excludes halogenated alkanes) is 2. The van der Waals surface area contributed by atoms with E-state index in [9.17, 15) is 9.59 Å². The first-order valence-corrected chi connectivity index (χ1v) is 14.2. The summed E-state index contributed by atoms with van der Waals surface area (Å²) in [5, 5.41) is 0. The van der Waals surface area contributed by atoms with Crippen molar-refractivity contribution in [3.8, 4) is 0 Å². The topological polar surface area (TPSA) is 52.6 Å². The van der Waals surface area contributed by atoms with Gasteiger partial charge in [0.1, 0.15) is 11.7 Å². The average molecular weight is 459 g/mol. The van der Waals surface area contributed by atoms with Crippen LogP contribution in [0.25, 0.3) is 0 Å². The predicted molar refractivity (Wildman–Crippen MR) is 128 cm³/mol. The van der Waals surface area contributed by atoms with Crippen molar-refractivity contribution in [1.82, 2.24) is 0 Å². The normalized spacial score (nSPS) is 40.6. The minimum Gasteiger partial charge on any atom is -0.462 e. The molecule has 0 amide bonds. The van der Waals surface area contributed by atoms with E-state index in [1.54, 1.807) is 0 Å². The number of rotatable bonds is 8. The fourth-order valence-corrected chi connectivity index (χ4v) is 8.89. The molecule has 0 saturated heterocycles. The third-order valence-electron chi connectivity index (χ3n) is 10.5. The van der Waals surface area contributed by atoms with Gasteiger partial charge in [0.25, 0.3) is 0 Å². The summed E-state index contributed by atoms with van der Waals surface area (Å²) < 4.78 is 12.4. The molecule has 0 radical (unpaired) electrons. The Balaban J connectivity index is 1.22. The zero-order valence-corrected chi connectivity index (χ0v) is 21.4. The number of hydrogen-bond donors (Lipinski definition) is 0. The van der Waals surface area contributed by atoms with Gasteiger partial charge in [-0.25, -0.2) is 0 Å². The number of esters is 2. The first-order valence-electron chi connectivity index (χ1n) is 14.2. The van der Waals surface area contributed by atoms with Gasteiger partial charge in [-0.05, 0) is 114 Å². The Morgan fingerprint density at radius 3 is 2.33 bits per heavy atom. The minimum absolute atomic E-state index is 0.00274. The minimum atomic E-state index is -0.396. The molecule has 0 spiro atoms. The van der Waals surface area contributed by atoms with E-state index in [0.717, 1.165) is 44.4 Å². The van der Waals surface area contributed by atoms with Gasteiger partial charge in [-0.3, -0.25) is 9.59 Å². The van der Waals surface area contributed by atoms with E-state index < -0.39 is 5.41 Å². The molecule has 8 unspecified atom stereocenters. The number of hydrogen-bond acceptors (Lipinski definition) is 4. The lowest BCUT2D eigenvalue weighted by atomic mass is 9.66. The van der Waals surface area contributed by atoms with Gasteiger partial charge in [0.05, 0.1) is 11.3 Å². The van der Waals surface area contributed by atoms with E-state index in [1.165, 1.54) is 44.9 Å². The highest BCUT2D eigenvalue weighted by Crippen LogP contribution is 2.69. The van der Waals surface area contributed by atoms with Crippen LogP contribution in [0.4, 0.5) is 0 Å². The zero-order chi connectivity index (χ0) is 23.4. The summed E-state index contributed by atoms with van der Waals surface area (Å²) in [4.78, 5) is 26.4. The second-order valence-corrected chi connectivity index (χ2v) is 13.3. The smallest absolute Gasteiger partial charge is 0.311 e. The summed E-state index contributed by atoms with van der Waals surface area (Å²) in [6.07, 6.45) is 14.6. The van der Waals surface area contributed by atoms with Crippen molar-refractivity contribution in [2.45, 2.75) is 123 Å². The molecule has 4 heteroatoms. The van der Waals surface area contributed by atoms with E-state index in [4.69, 9.17) is 9.47 Å². The summed E-state index contributed by atoms with van der Waals surface area (Å²) >= 11 is 0. The maximum Gasteiger partial charge on any atom is 0.311 e. The standard InChI is InChI=1S/C29H46O4/c1-5-6-8-11-28(2,3)27(31)32-23-17-19-16-22(23)25-20-14-18(24(19)25)15-21(20)26(30)33-29(4)12-9-7-10-13-29/h18-25H,5-17H2,1-4H3. The maximum atomic E-state index is 13.3. The largest absolute Gasteiger partial charge is 0.462 e. The van der Waals surface area contributed by atoms with Crippen LogP contribution < -0.4 is 0 Å². The summed E-state index contributed by atoms with van der Waals surface area (Å²) in [7, 11) is 0. The molecule has 0 heterocycles. The van der Waals surface area contributed by atoms with Crippen LogP contribution in [0.15, 0.2) is 0 Å². The molecule has 5 rings (SSSR count). The number of ether oxygens (including phenoxy) is 2. The number of carbonyl (C=O) groups is 2. The van der Waals surface area contributed by atoms with Crippen molar-refractivity contribution in [2.24, 2.45) is 46.8 Å². The third-order valence-corrected chi connectivity index (χ3v) is 10.5. The van der Waals surface area contributed by atoms with E-state index in [2.05, 4.69) is 27.7 Å². The van der Waals surface area contributed by atoms with Gasteiger partial charge in [0.2, 0.25) is 0 Å². The van der Waals surface area contributed by atoms with Crippen LogP contribution in [0.3, 0.4) is 0 Å². The van der Waals surface area contributed by atoms with Crippen molar-refractivity contribution in [2.75, 3.05) is 0 Å². The van der Waals surface area contributed by atoms with Crippen LogP contribution in [0.2, 0.25) is 0 Å². The molecule has 5 aliphatic rings. The molecule has 33 heavy (non-hydrogen) atoms. The Morgan fingerprint density at radius 1 is 0.909 bits per heavy atom. The molecule has 0 aromatic heterocycles. The summed E-state index contributed by atoms with van der Waals surface area (Å²) in [5.74, 6) is 3.80. The SMILES string of the molecule is CCCCCC(C)(C)C(=O)OC1CC2CC1C1C3CC(CC3C(=O)OC3(C)CCCCC3)C21. The van der Waals surface area contributed by atoms with Gasteiger partial charge < -0.3 is 9.47 Å². The van der Waals surface area contributed by atoms with E-state index in [0.29, 0.717) is 29.6 Å². The molecule has 5 aliphatic carbocycles. The molecule has 4 nitrogen and oxygen atoms in total. The summed E-state index contributed by atoms with van der Waals surface area (Å²) in [6.45, 7) is 8.45. The van der Waals surface area contributed by atoms with Crippen molar-refractivity contribution < 1.29 is 19.1 Å². The highest BCUT2D eigenvalue weighted by molar-refractivity contribution is 5.76. The summed E-state index contributed by atoms with van der Waals surface area (Å²) in [5.41, 5.74) is -0.639. The Kier molecular flexibility index (Phi) is 6.36. The van der Waals surface area contributed by atoms with E-state index in [-0.39, 0.29) is 29.6 Å². The van der Waals surface area contributed by atoms with Gasteiger partial charge >= 0.3 is 11.9 Å². The van der Waals surface area contributed by atoms with Crippen LogP contribution in [0.5, 0.6) is 0 Å². The lowest BCUT2D eigenvalue weighted by Crippen LogP contribution is -2.44. The van der Waals surface area contributed by atoms with Crippen LogP contribution in [0.1, 0.15) is 111 Å². The molecule has 5 fully saturated rings. The van der Waals surface area contributed by atoms with Crippen LogP contribution in [-0.2, 0) is 19.1 Å². The molecule has 186 valence electrons. The van der Waals surface area contributed by atoms with Crippen molar-refractivity contribution in [1.29, 1.82) is 0 Å². The fraction of sp³-hybridized carbons (Fsp3) is 0.931. The molecule has 0 aliphatic heterocycles. The summed E-state index contributed by atoms with van der Waals surface area (Å²) in [6, 6.07) is 0. The molecule has 4 bridgehead atoms. The fourth-order valence-electron chi connectivity index (χ4n) is 8.89. The van der Waals surface area contributed by atoms with Gasteiger partial charge in [-0.15, -0.1) is 0 Å². The monoisotopic (exact) mass is 458 g/mol. The maximum absolute atomic E-state index is 13.3. The Morgan fingerprint density at radius 2 is 1.61 bits per heavy atom. The van der Waals surface area contributed by atoms with Crippen LogP contribution in [0, 0.1) is 46.8 Å². The molecular weight excluding hydrogens is 412 g/mol. The second kappa shape index (κ2) is 8.86. The second-order valence-electron chi connectivity index (χ2n) is 13.3. The Labute approximate surface area is 200 Å². The van der Waals surface area contributed by atoms with Gasteiger partial charge in [-0.1, -0.05) is 32.6 Å². The van der Waals surface area contributed by atoms with E-state index >= 15 is 0 Å². The quantitative estimate of drug-likeness (QED) is 0.231. The van der Waals surface area contributed by atoms with E-state index in [1.807, 2.05) is 0 Å². The Hall–Kier alpha value is -1.06. The average Bonchev–Trinajstić information content (AvgIpc) is 3.53. The van der Waals surface area contributed by atoms with Crippen LogP contribution >= 0.6 is 0 Å². The van der Waals surface area contributed by atoms with Crippen molar-refractivity contribution in [3.05, 3.63) is 0 Å². The molecular formula is C29H46O4. The predicted octanol–water partition coefficient (Wildman–Crippen LogP) is 6.70. The zero-order valence-electron chi connectivity index (χ0n) is 21.4. The number of carbonyl (C=O) groups excluding carboxylic acids is 2. The van der Waals surface area contributed by atoms with Crippen molar-refractivity contribution >= 4 is 11.9 Å². The number of fused-ring (bicyclic) bond motifs is 9. The van der Waals surface area contributed by atoms with Gasteiger partial charge in [0, 0.05) is 0 Å². The highest BCUT2D eigenvalue weighted by Gasteiger charge is 2.67. The third kappa shape index (κ3) is 4.27. The molecule has 5 saturated carbocycles. The van der Waals surface area contributed by atoms with Gasteiger partial charge in [0.15, 0.2) is 0 Å². The lowest BCUT2D eigenvalue weighted by molar-refractivity contribution is -0.173. The van der Waals surface area contributed by atoms with Gasteiger partial charge in [-0.2, -0.15) is 0 Å². The van der Waals surface area contributed by atoms with Crippen LogP contribution in [-0.4, -0.2) is 23.6 Å². The molecule has 0 N–H and O–H groups in total. The lowest BCUT2D eigenvalue weighted by Gasteiger charge is -2.42.